The number of anilines is 1. The molecule has 6 nitrogen and oxygen atoms in total. The van der Waals surface area contributed by atoms with Gasteiger partial charge in [0.1, 0.15) is 0 Å². The molecule has 34 heavy (non-hydrogen) atoms. The van der Waals surface area contributed by atoms with E-state index in [-0.39, 0.29) is 17.3 Å². The zero-order chi connectivity index (χ0) is 24.5. The van der Waals surface area contributed by atoms with Gasteiger partial charge < -0.3 is 0 Å². The maximum Gasteiger partial charge on any atom is 0.260 e. The van der Waals surface area contributed by atoms with E-state index in [9.17, 15) is 13.2 Å². The lowest BCUT2D eigenvalue weighted by Crippen LogP contribution is -2.30. The van der Waals surface area contributed by atoms with E-state index in [4.69, 9.17) is 4.98 Å². The first-order chi connectivity index (χ1) is 16.2. The van der Waals surface area contributed by atoms with Gasteiger partial charge in [0.15, 0.2) is 15.0 Å². The second-order valence-corrected chi connectivity index (χ2v) is 12.2. The van der Waals surface area contributed by atoms with Gasteiger partial charge >= 0.3 is 0 Å². The number of fused-ring (bicyclic) bond motifs is 1. The molecule has 0 aliphatic heterocycles. The molecule has 0 aliphatic rings. The SMILES string of the molecule is CC(C)c1cccc2sc(N(Cc3cccnc3)C(=O)c3cccc(S(=O)(=O)C(C)C)c3)nc12. The standard InChI is InChI=1S/C26H27N3O3S2/c1-17(2)22-11-6-12-23-24(22)28-26(33-23)29(16-19-8-7-13-27-15-19)25(30)20-9-5-10-21(14-20)34(31,32)18(3)4/h5-15,17-18H,16H2,1-4H3. The molecular weight excluding hydrogens is 466 g/mol. The fourth-order valence-corrected chi connectivity index (χ4v) is 5.78. The van der Waals surface area contributed by atoms with E-state index < -0.39 is 15.1 Å². The van der Waals surface area contributed by atoms with Crippen molar-refractivity contribution in [2.45, 2.75) is 50.3 Å². The lowest BCUT2D eigenvalue weighted by molar-refractivity contribution is 0.0985. The van der Waals surface area contributed by atoms with Crippen molar-refractivity contribution in [2.24, 2.45) is 0 Å². The second-order valence-electron chi connectivity index (χ2n) is 8.72. The highest BCUT2D eigenvalue weighted by Gasteiger charge is 2.25. The average Bonchev–Trinajstić information content (AvgIpc) is 3.26. The van der Waals surface area contributed by atoms with E-state index in [1.54, 1.807) is 43.3 Å². The maximum atomic E-state index is 13.8. The summed E-state index contributed by atoms with van der Waals surface area (Å²) in [5.41, 5.74) is 3.16. The predicted molar refractivity (Wildman–Crippen MR) is 137 cm³/mol. The Kier molecular flexibility index (Phi) is 6.81. The number of amides is 1. The Morgan fingerprint density at radius 1 is 1.03 bits per heavy atom. The Hall–Kier alpha value is -3.10. The predicted octanol–water partition coefficient (Wildman–Crippen LogP) is 5.84. The quantitative estimate of drug-likeness (QED) is 0.323. The largest absolute Gasteiger partial charge is 0.279 e. The molecule has 0 N–H and O–H groups in total. The number of hydrogen-bond acceptors (Lipinski definition) is 6. The molecule has 2 aromatic heterocycles. The lowest BCUT2D eigenvalue weighted by atomic mass is 10.0. The number of carbonyl (C=O) groups is 1. The molecule has 176 valence electrons. The van der Waals surface area contributed by atoms with Gasteiger partial charge in [0.2, 0.25) is 0 Å². The molecule has 4 rings (SSSR count). The van der Waals surface area contributed by atoms with Crippen LogP contribution in [0.3, 0.4) is 0 Å². The van der Waals surface area contributed by atoms with Crippen LogP contribution < -0.4 is 4.90 Å². The van der Waals surface area contributed by atoms with Gasteiger partial charge in [0.05, 0.1) is 26.9 Å². The monoisotopic (exact) mass is 493 g/mol. The first-order valence-corrected chi connectivity index (χ1v) is 13.5. The number of sulfone groups is 1. The fraction of sp³-hybridized carbons (Fsp3) is 0.269. The van der Waals surface area contributed by atoms with E-state index in [0.717, 1.165) is 21.3 Å². The van der Waals surface area contributed by atoms with Crippen molar-refractivity contribution in [3.05, 3.63) is 83.7 Å². The van der Waals surface area contributed by atoms with Crippen LogP contribution >= 0.6 is 11.3 Å². The van der Waals surface area contributed by atoms with Crippen molar-refractivity contribution in [1.29, 1.82) is 0 Å². The summed E-state index contributed by atoms with van der Waals surface area (Å²) in [4.78, 5) is 24.6. The average molecular weight is 494 g/mol. The van der Waals surface area contributed by atoms with Gasteiger partial charge in [-0.05, 0) is 61.2 Å². The molecule has 0 atom stereocenters. The van der Waals surface area contributed by atoms with E-state index in [1.165, 1.54) is 23.5 Å². The Bertz CT molecular complexity index is 1430. The van der Waals surface area contributed by atoms with Crippen LogP contribution in [-0.2, 0) is 16.4 Å². The topological polar surface area (TPSA) is 80.2 Å². The van der Waals surface area contributed by atoms with Crippen LogP contribution in [0.4, 0.5) is 5.13 Å². The third kappa shape index (κ3) is 4.74. The number of thiazole rings is 1. The molecule has 0 saturated heterocycles. The second kappa shape index (κ2) is 9.64. The fourth-order valence-electron chi connectivity index (χ4n) is 3.67. The Balaban J connectivity index is 1.81. The molecule has 0 fully saturated rings. The summed E-state index contributed by atoms with van der Waals surface area (Å²) in [5, 5.41) is -0.0165. The van der Waals surface area contributed by atoms with E-state index in [2.05, 4.69) is 24.9 Å². The minimum Gasteiger partial charge on any atom is -0.279 e. The van der Waals surface area contributed by atoms with Crippen LogP contribution in [0.5, 0.6) is 0 Å². The Morgan fingerprint density at radius 2 is 1.79 bits per heavy atom. The van der Waals surface area contributed by atoms with Gasteiger partial charge in [-0.15, -0.1) is 0 Å². The summed E-state index contributed by atoms with van der Waals surface area (Å²) < 4.78 is 26.4. The summed E-state index contributed by atoms with van der Waals surface area (Å²) in [5.74, 6) is -0.0196. The summed E-state index contributed by atoms with van der Waals surface area (Å²) in [7, 11) is -3.51. The molecule has 1 amide bonds. The Morgan fingerprint density at radius 3 is 2.47 bits per heavy atom. The third-order valence-electron chi connectivity index (χ3n) is 5.63. The van der Waals surface area contributed by atoms with Gasteiger partial charge in [-0.25, -0.2) is 13.4 Å². The molecule has 0 saturated carbocycles. The highest BCUT2D eigenvalue weighted by Crippen LogP contribution is 2.35. The number of rotatable bonds is 7. The van der Waals surface area contributed by atoms with Crippen molar-refractivity contribution < 1.29 is 13.2 Å². The minimum absolute atomic E-state index is 0.140. The highest BCUT2D eigenvalue weighted by molar-refractivity contribution is 7.92. The van der Waals surface area contributed by atoms with Crippen LogP contribution in [0.2, 0.25) is 0 Å². The number of carbonyl (C=O) groups excluding carboxylic acids is 1. The van der Waals surface area contributed by atoms with E-state index in [0.29, 0.717) is 16.6 Å². The zero-order valence-electron chi connectivity index (χ0n) is 19.6. The number of aromatic nitrogens is 2. The van der Waals surface area contributed by atoms with E-state index in [1.807, 2.05) is 24.3 Å². The summed E-state index contributed by atoms with van der Waals surface area (Å²) in [6, 6.07) is 16.0. The number of pyridine rings is 1. The number of hydrogen-bond donors (Lipinski definition) is 0. The van der Waals surface area contributed by atoms with Crippen molar-refractivity contribution >= 4 is 42.4 Å². The summed E-state index contributed by atoms with van der Waals surface area (Å²) >= 11 is 1.45. The molecule has 8 heteroatoms. The summed E-state index contributed by atoms with van der Waals surface area (Å²) in [6.45, 7) is 7.77. The number of nitrogens with zero attached hydrogens (tertiary/aromatic N) is 3. The Labute approximate surface area is 204 Å². The van der Waals surface area contributed by atoms with Crippen molar-refractivity contribution in [3.8, 4) is 0 Å². The highest BCUT2D eigenvalue weighted by atomic mass is 32.2. The van der Waals surface area contributed by atoms with Gasteiger partial charge in [-0.1, -0.05) is 49.4 Å². The molecule has 0 radical (unpaired) electrons. The van der Waals surface area contributed by atoms with Crippen molar-refractivity contribution in [1.82, 2.24) is 9.97 Å². The van der Waals surface area contributed by atoms with Gasteiger partial charge in [0.25, 0.3) is 5.91 Å². The molecule has 4 aromatic rings. The van der Waals surface area contributed by atoms with Crippen LogP contribution in [-0.4, -0.2) is 29.5 Å². The molecule has 0 unspecified atom stereocenters. The molecule has 2 heterocycles. The van der Waals surface area contributed by atoms with E-state index >= 15 is 0 Å². The third-order valence-corrected chi connectivity index (χ3v) is 8.83. The van der Waals surface area contributed by atoms with Crippen LogP contribution in [0.25, 0.3) is 10.2 Å². The first-order valence-electron chi connectivity index (χ1n) is 11.1. The van der Waals surface area contributed by atoms with Gasteiger partial charge in [-0.3, -0.25) is 14.7 Å². The van der Waals surface area contributed by atoms with Crippen LogP contribution in [0.1, 0.15) is 55.1 Å². The van der Waals surface area contributed by atoms with Gasteiger partial charge in [-0.2, -0.15) is 0 Å². The number of benzene rings is 2. The van der Waals surface area contributed by atoms with Crippen molar-refractivity contribution in [3.63, 3.8) is 0 Å². The normalized spacial score (nSPS) is 11.9. The molecule has 0 aliphatic carbocycles. The lowest BCUT2D eigenvalue weighted by Gasteiger charge is -2.20. The smallest absolute Gasteiger partial charge is 0.260 e. The minimum atomic E-state index is -3.51. The molecule has 0 spiro atoms. The summed E-state index contributed by atoms with van der Waals surface area (Å²) in [6.07, 6.45) is 3.40. The van der Waals surface area contributed by atoms with Crippen LogP contribution in [0.15, 0.2) is 71.9 Å². The van der Waals surface area contributed by atoms with Crippen LogP contribution in [0, 0.1) is 0 Å². The van der Waals surface area contributed by atoms with Gasteiger partial charge in [0, 0.05) is 18.0 Å². The molecular formula is C26H27N3O3S2. The van der Waals surface area contributed by atoms with Crippen molar-refractivity contribution in [2.75, 3.05) is 4.90 Å². The molecule has 0 bridgehead atoms. The zero-order valence-corrected chi connectivity index (χ0v) is 21.2. The molecule has 2 aromatic carbocycles. The number of para-hydroxylation sites is 1. The first kappa shape index (κ1) is 24.0. The maximum absolute atomic E-state index is 13.8.